The van der Waals surface area contributed by atoms with Gasteiger partial charge in [0.05, 0.1) is 29.3 Å². The number of hydrogen-bond donors (Lipinski definition) is 1. The van der Waals surface area contributed by atoms with Crippen molar-refractivity contribution in [3.8, 4) is 17.5 Å². The SMILES string of the molecule is CCn1c(SCN2C=C(c3cc(C#N)ccc3F)ON2)nnc1-c1ccncc1. The van der Waals surface area contributed by atoms with Gasteiger partial charge < -0.3 is 9.40 Å². The van der Waals surface area contributed by atoms with Crippen LogP contribution in [-0.4, -0.2) is 30.6 Å². The van der Waals surface area contributed by atoms with E-state index in [9.17, 15) is 4.39 Å². The number of pyridine rings is 1. The van der Waals surface area contributed by atoms with E-state index in [1.807, 2.05) is 29.7 Å². The molecule has 1 aliphatic rings. The highest BCUT2D eigenvalue weighted by Crippen LogP contribution is 2.27. The second-order valence-electron chi connectivity index (χ2n) is 6.02. The molecule has 0 atom stereocenters. The molecule has 0 spiro atoms. The van der Waals surface area contributed by atoms with Crippen LogP contribution in [0.25, 0.3) is 17.1 Å². The number of nitrogens with one attached hydrogen (secondary N) is 1. The first-order valence-electron chi connectivity index (χ1n) is 8.77. The zero-order valence-electron chi connectivity index (χ0n) is 15.4. The molecule has 1 N–H and O–H groups in total. The van der Waals surface area contributed by atoms with Crippen LogP contribution in [0.2, 0.25) is 0 Å². The summed E-state index contributed by atoms with van der Waals surface area (Å²) in [4.78, 5) is 9.40. The van der Waals surface area contributed by atoms with E-state index >= 15 is 0 Å². The molecule has 0 aliphatic carbocycles. The van der Waals surface area contributed by atoms with E-state index in [0.717, 1.165) is 16.5 Å². The Kier molecular flexibility index (Phi) is 5.41. The fraction of sp³-hybridized carbons (Fsp3) is 0.158. The van der Waals surface area contributed by atoms with Gasteiger partial charge in [0.25, 0.3) is 0 Å². The van der Waals surface area contributed by atoms with Crippen LogP contribution in [0, 0.1) is 17.1 Å². The van der Waals surface area contributed by atoms with Crippen molar-refractivity contribution in [2.24, 2.45) is 0 Å². The van der Waals surface area contributed by atoms with Gasteiger partial charge in [-0.1, -0.05) is 17.4 Å². The Morgan fingerprint density at radius 2 is 2.07 bits per heavy atom. The quantitative estimate of drug-likeness (QED) is 0.621. The fourth-order valence-electron chi connectivity index (χ4n) is 2.80. The first-order valence-corrected chi connectivity index (χ1v) is 9.75. The van der Waals surface area contributed by atoms with E-state index in [4.69, 9.17) is 10.1 Å². The molecule has 4 rings (SSSR count). The largest absolute Gasteiger partial charge is 0.387 e. The van der Waals surface area contributed by atoms with Gasteiger partial charge in [-0.05, 0) is 37.3 Å². The molecule has 0 radical (unpaired) electrons. The topological polar surface area (TPSA) is 91.9 Å². The van der Waals surface area contributed by atoms with Gasteiger partial charge in [-0.2, -0.15) is 5.26 Å². The Morgan fingerprint density at radius 1 is 1.24 bits per heavy atom. The van der Waals surface area contributed by atoms with Crippen LogP contribution in [0.3, 0.4) is 0 Å². The Hall–Kier alpha value is -3.42. The van der Waals surface area contributed by atoms with Crippen molar-refractivity contribution in [2.45, 2.75) is 18.6 Å². The van der Waals surface area contributed by atoms with Crippen LogP contribution in [0.4, 0.5) is 4.39 Å². The molecule has 0 saturated carbocycles. The summed E-state index contributed by atoms with van der Waals surface area (Å²) in [6.45, 7) is 2.74. The summed E-state index contributed by atoms with van der Waals surface area (Å²) < 4.78 is 16.1. The number of thioether (sulfide) groups is 1. The van der Waals surface area contributed by atoms with Gasteiger partial charge in [0.15, 0.2) is 16.7 Å². The minimum atomic E-state index is -0.459. The zero-order valence-corrected chi connectivity index (χ0v) is 16.2. The Labute approximate surface area is 170 Å². The maximum Gasteiger partial charge on any atom is 0.193 e. The molecule has 8 nitrogen and oxygen atoms in total. The van der Waals surface area contributed by atoms with Crippen molar-refractivity contribution in [3.63, 3.8) is 0 Å². The number of nitrogens with zero attached hydrogens (tertiary/aromatic N) is 6. The van der Waals surface area contributed by atoms with Crippen molar-refractivity contribution < 1.29 is 9.23 Å². The van der Waals surface area contributed by atoms with E-state index in [1.165, 1.54) is 30.0 Å². The molecule has 3 aromatic rings. The zero-order chi connectivity index (χ0) is 20.2. The minimum Gasteiger partial charge on any atom is -0.387 e. The summed E-state index contributed by atoms with van der Waals surface area (Å²) in [5.41, 5.74) is 4.25. The lowest BCUT2D eigenvalue weighted by atomic mass is 10.1. The van der Waals surface area contributed by atoms with Gasteiger partial charge in [-0.3, -0.25) is 9.99 Å². The smallest absolute Gasteiger partial charge is 0.193 e. The molecule has 2 aromatic heterocycles. The molecule has 3 heterocycles. The summed E-state index contributed by atoms with van der Waals surface area (Å²) in [5, 5.41) is 20.0. The van der Waals surface area contributed by atoms with E-state index in [1.54, 1.807) is 23.6 Å². The second kappa shape index (κ2) is 8.30. The van der Waals surface area contributed by atoms with Gasteiger partial charge in [0.2, 0.25) is 0 Å². The van der Waals surface area contributed by atoms with Crippen LogP contribution >= 0.6 is 11.8 Å². The van der Waals surface area contributed by atoms with Crippen LogP contribution in [0.1, 0.15) is 18.1 Å². The highest BCUT2D eigenvalue weighted by atomic mass is 32.2. The molecule has 0 amide bonds. The number of benzene rings is 1. The fourth-order valence-corrected chi connectivity index (χ4v) is 3.65. The number of hydrazine groups is 1. The lowest BCUT2D eigenvalue weighted by Gasteiger charge is -2.13. The van der Waals surface area contributed by atoms with Crippen LogP contribution in [0.5, 0.6) is 0 Å². The molecule has 146 valence electrons. The molecule has 29 heavy (non-hydrogen) atoms. The van der Waals surface area contributed by atoms with E-state index in [2.05, 4.69) is 20.8 Å². The highest BCUT2D eigenvalue weighted by Gasteiger charge is 2.20. The first-order chi connectivity index (χ1) is 14.2. The maximum absolute atomic E-state index is 14.1. The van der Waals surface area contributed by atoms with Crippen molar-refractivity contribution in [1.82, 2.24) is 30.3 Å². The van der Waals surface area contributed by atoms with Crippen molar-refractivity contribution >= 4 is 17.5 Å². The molecule has 0 fully saturated rings. The third-order valence-electron chi connectivity index (χ3n) is 4.21. The van der Waals surface area contributed by atoms with Gasteiger partial charge in [0, 0.05) is 24.5 Å². The van der Waals surface area contributed by atoms with Crippen LogP contribution < -0.4 is 5.59 Å². The molecule has 0 unspecified atom stereocenters. The summed E-state index contributed by atoms with van der Waals surface area (Å²) in [6.07, 6.45) is 5.08. The molecule has 10 heteroatoms. The van der Waals surface area contributed by atoms with Crippen molar-refractivity contribution in [2.75, 3.05) is 5.88 Å². The van der Waals surface area contributed by atoms with Crippen molar-refractivity contribution in [3.05, 3.63) is 65.9 Å². The predicted molar refractivity (Wildman–Crippen MR) is 105 cm³/mol. The normalized spacial score (nSPS) is 13.1. The van der Waals surface area contributed by atoms with E-state index in [0.29, 0.717) is 23.7 Å². The Morgan fingerprint density at radius 3 is 2.83 bits per heavy atom. The average molecular weight is 409 g/mol. The summed E-state index contributed by atoms with van der Waals surface area (Å²) in [7, 11) is 0. The number of hydrogen-bond acceptors (Lipinski definition) is 8. The third kappa shape index (κ3) is 3.91. The van der Waals surface area contributed by atoms with Gasteiger partial charge >= 0.3 is 0 Å². The Balaban J connectivity index is 1.48. The first kappa shape index (κ1) is 18.9. The molecule has 0 bridgehead atoms. The molecular formula is C19H16FN7OS. The lowest BCUT2D eigenvalue weighted by Crippen LogP contribution is -2.27. The van der Waals surface area contributed by atoms with Gasteiger partial charge in [0.1, 0.15) is 5.82 Å². The molecular weight excluding hydrogens is 393 g/mol. The molecule has 0 saturated heterocycles. The minimum absolute atomic E-state index is 0.223. The monoisotopic (exact) mass is 409 g/mol. The number of aromatic nitrogens is 4. The summed E-state index contributed by atoms with van der Waals surface area (Å²) in [5.74, 6) is 1.07. The van der Waals surface area contributed by atoms with Crippen molar-refractivity contribution in [1.29, 1.82) is 5.26 Å². The van der Waals surface area contributed by atoms with E-state index < -0.39 is 5.82 Å². The van der Waals surface area contributed by atoms with Crippen LogP contribution in [-0.2, 0) is 11.4 Å². The molecule has 1 aromatic carbocycles. The lowest BCUT2D eigenvalue weighted by molar-refractivity contribution is 0.0604. The highest BCUT2D eigenvalue weighted by molar-refractivity contribution is 7.99. The van der Waals surface area contributed by atoms with Gasteiger partial charge in [-0.25, -0.2) is 4.39 Å². The number of halogens is 1. The predicted octanol–water partition coefficient (Wildman–Crippen LogP) is 3.17. The van der Waals surface area contributed by atoms with Gasteiger partial charge in [-0.15, -0.1) is 10.2 Å². The molecule has 1 aliphatic heterocycles. The summed E-state index contributed by atoms with van der Waals surface area (Å²) in [6, 6.07) is 9.90. The number of rotatable bonds is 6. The third-order valence-corrected chi connectivity index (χ3v) is 5.18. The van der Waals surface area contributed by atoms with Crippen LogP contribution in [0.15, 0.2) is 54.1 Å². The summed E-state index contributed by atoms with van der Waals surface area (Å²) >= 11 is 1.46. The maximum atomic E-state index is 14.1. The Bertz CT molecular complexity index is 1090. The standard InChI is InChI=1S/C19H16FN7OS/c1-2-27-18(14-5-7-22-8-6-14)23-24-19(27)29-12-26-11-17(28-25-26)15-9-13(10-21)3-4-16(15)20/h3-9,11,25H,2,12H2,1H3. The number of nitriles is 1. The second-order valence-corrected chi connectivity index (χ2v) is 6.93. The average Bonchev–Trinajstić information content (AvgIpc) is 3.40. The van der Waals surface area contributed by atoms with E-state index in [-0.39, 0.29) is 5.56 Å².